The van der Waals surface area contributed by atoms with Crippen molar-refractivity contribution in [2.75, 3.05) is 6.61 Å². The number of hydrogen-bond acceptors (Lipinski definition) is 11. The first-order valence-corrected chi connectivity index (χ1v) is 17.3. The highest BCUT2D eigenvalue weighted by Crippen LogP contribution is 2.53. The van der Waals surface area contributed by atoms with Crippen LogP contribution in [-0.4, -0.2) is 42.6 Å². The van der Waals surface area contributed by atoms with Crippen LogP contribution in [0, 0.1) is 0 Å². The number of aliphatic hydroxyl groups excluding tert-OH is 1. The molecule has 4 aromatic carbocycles. The van der Waals surface area contributed by atoms with Crippen molar-refractivity contribution >= 4 is 13.8 Å². The standard InChI is InChI=1S/C36H31F6O11P/c37-35(38,39)51-28-15-11-26(12-16-28)20-46-32-31(50-34(44)33(32)47-21-27-13-17-29(18-14-27)52-36(40,41)42)30(19-43)53-54(45,48-22-24-7-3-1-4-8-24)49-23-25-9-5-2-6-10-25/h1-18,30-31,43H,19-23H2. The molecule has 1 N–H and O–H groups in total. The monoisotopic (exact) mass is 784 g/mol. The van der Waals surface area contributed by atoms with Crippen LogP contribution >= 0.6 is 7.82 Å². The highest BCUT2D eigenvalue weighted by Gasteiger charge is 2.46. The van der Waals surface area contributed by atoms with E-state index in [1.165, 1.54) is 24.3 Å². The molecule has 288 valence electrons. The van der Waals surface area contributed by atoms with E-state index in [-0.39, 0.29) is 24.5 Å². The molecule has 18 heteroatoms. The van der Waals surface area contributed by atoms with Gasteiger partial charge in [-0.05, 0) is 46.5 Å². The highest BCUT2D eigenvalue weighted by molar-refractivity contribution is 7.48. The third-order valence-electron chi connectivity index (χ3n) is 7.24. The van der Waals surface area contributed by atoms with Crippen molar-refractivity contribution in [2.45, 2.75) is 51.4 Å². The number of halogens is 6. The zero-order chi connectivity index (χ0) is 38.8. The minimum Gasteiger partial charge on any atom is -0.485 e. The number of cyclic esters (lactones) is 1. The first kappa shape index (κ1) is 40.1. The molecule has 0 saturated carbocycles. The fraction of sp³-hybridized carbons (Fsp3) is 0.250. The van der Waals surface area contributed by atoms with Crippen molar-refractivity contribution < 1.29 is 78.1 Å². The van der Waals surface area contributed by atoms with Gasteiger partial charge in [-0.25, -0.2) is 9.36 Å². The lowest BCUT2D eigenvalue weighted by atomic mass is 10.1. The number of aliphatic hydroxyl groups is 1. The Morgan fingerprint density at radius 3 is 1.48 bits per heavy atom. The van der Waals surface area contributed by atoms with Gasteiger partial charge in [0.2, 0.25) is 5.76 Å². The number of carbonyl (C=O) groups is 1. The van der Waals surface area contributed by atoms with Crippen molar-refractivity contribution in [3.05, 3.63) is 143 Å². The number of phosphoric ester groups is 1. The molecule has 4 aromatic rings. The maximum atomic E-state index is 14.1. The van der Waals surface area contributed by atoms with Crippen LogP contribution in [-0.2, 0) is 63.6 Å². The van der Waals surface area contributed by atoms with Gasteiger partial charge in [0.05, 0.1) is 19.8 Å². The van der Waals surface area contributed by atoms with Gasteiger partial charge in [0, 0.05) is 0 Å². The number of rotatable bonds is 18. The fourth-order valence-electron chi connectivity index (χ4n) is 4.77. The summed E-state index contributed by atoms with van der Waals surface area (Å²) in [6.45, 7) is -2.22. The molecule has 0 spiro atoms. The molecule has 0 aromatic heterocycles. The Hall–Kier alpha value is -5.06. The van der Waals surface area contributed by atoms with E-state index in [1.807, 2.05) is 0 Å². The van der Waals surface area contributed by atoms with Crippen LogP contribution in [0.2, 0.25) is 0 Å². The van der Waals surface area contributed by atoms with Gasteiger partial charge in [-0.2, -0.15) is 0 Å². The minimum absolute atomic E-state index is 0.246. The van der Waals surface area contributed by atoms with E-state index in [4.69, 9.17) is 27.8 Å². The van der Waals surface area contributed by atoms with Crippen molar-refractivity contribution in [2.24, 2.45) is 0 Å². The molecule has 0 saturated heterocycles. The average Bonchev–Trinajstić information content (AvgIpc) is 3.45. The Morgan fingerprint density at radius 2 is 1.06 bits per heavy atom. The molecule has 11 nitrogen and oxygen atoms in total. The Bertz CT molecular complexity index is 1840. The van der Waals surface area contributed by atoms with Crippen LogP contribution in [0.15, 0.2) is 121 Å². The van der Waals surface area contributed by atoms with Crippen molar-refractivity contribution in [1.82, 2.24) is 0 Å². The van der Waals surface area contributed by atoms with Crippen molar-refractivity contribution in [1.29, 1.82) is 0 Å². The quantitative estimate of drug-likeness (QED) is 0.0595. The third-order valence-corrected chi connectivity index (χ3v) is 8.66. The van der Waals surface area contributed by atoms with E-state index in [0.717, 1.165) is 24.3 Å². The van der Waals surface area contributed by atoms with Gasteiger partial charge in [-0.15, -0.1) is 26.3 Å². The molecule has 54 heavy (non-hydrogen) atoms. The predicted molar refractivity (Wildman–Crippen MR) is 175 cm³/mol. The molecule has 0 amide bonds. The molecule has 0 aliphatic carbocycles. The number of esters is 1. The van der Waals surface area contributed by atoms with Gasteiger partial charge < -0.3 is 28.8 Å². The summed E-state index contributed by atoms with van der Waals surface area (Å²) in [6, 6.07) is 26.3. The molecule has 5 rings (SSSR count). The zero-order valence-corrected chi connectivity index (χ0v) is 28.7. The highest BCUT2D eigenvalue weighted by atomic mass is 31.2. The second-order valence-electron chi connectivity index (χ2n) is 11.3. The second-order valence-corrected chi connectivity index (χ2v) is 12.9. The largest absolute Gasteiger partial charge is 0.573 e. The Balaban J connectivity index is 1.39. The van der Waals surface area contributed by atoms with Crippen LogP contribution in [0.1, 0.15) is 22.3 Å². The van der Waals surface area contributed by atoms with E-state index >= 15 is 0 Å². The van der Waals surface area contributed by atoms with E-state index in [1.54, 1.807) is 60.7 Å². The normalized spacial score (nSPS) is 15.5. The first-order chi connectivity index (χ1) is 25.7. The van der Waals surface area contributed by atoms with Crippen LogP contribution in [0.3, 0.4) is 0 Å². The molecule has 1 aliphatic rings. The summed E-state index contributed by atoms with van der Waals surface area (Å²) in [7, 11) is -4.59. The van der Waals surface area contributed by atoms with E-state index < -0.39 is 75.8 Å². The number of carbonyl (C=O) groups excluding carboxylic acids is 1. The fourth-order valence-corrected chi connectivity index (χ4v) is 6.09. The summed E-state index contributed by atoms with van der Waals surface area (Å²) in [4.78, 5) is 13.2. The molecule has 1 aliphatic heterocycles. The molecule has 0 fully saturated rings. The third kappa shape index (κ3) is 12.2. The topological polar surface area (TPSA) is 128 Å². The summed E-state index contributed by atoms with van der Waals surface area (Å²) in [5.41, 5.74) is 1.78. The SMILES string of the molecule is O=C1OC(C(CO)OP(=O)(OCc2ccccc2)OCc2ccccc2)C(OCc2ccc(OC(F)(F)F)cc2)=C1OCc1ccc(OC(F)(F)F)cc1. The van der Waals surface area contributed by atoms with Gasteiger partial charge in [0.15, 0.2) is 11.9 Å². The smallest absolute Gasteiger partial charge is 0.485 e. The van der Waals surface area contributed by atoms with Crippen molar-refractivity contribution in [3.63, 3.8) is 0 Å². The summed E-state index contributed by atoms with van der Waals surface area (Å²) in [5.74, 6) is -3.04. The van der Waals surface area contributed by atoms with Gasteiger partial charge >= 0.3 is 26.5 Å². The number of ether oxygens (including phenoxy) is 5. The lowest BCUT2D eigenvalue weighted by Crippen LogP contribution is -2.35. The molecule has 1 heterocycles. The Morgan fingerprint density at radius 1 is 0.630 bits per heavy atom. The van der Waals surface area contributed by atoms with Crippen LogP contribution in [0.4, 0.5) is 26.3 Å². The average molecular weight is 785 g/mol. The van der Waals surface area contributed by atoms with Crippen molar-refractivity contribution in [3.8, 4) is 11.5 Å². The maximum Gasteiger partial charge on any atom is 0.573 e. The molecule has 2 atom stereocenters. The van der Waals surface area contributed by atoms with Crippen LogP contribution < -0.4 is 9.47 Å². The summed E-state index contributed by atoms with van der Waals surface area (Å²) in [5, 5.41) is 10.5. The summed E-state index contributed by atoms with van der Waals surface area (Å²) in [6.07, 6.45) is -13.1. The van der Waals surface area contributed by atoms with Crippen LogP contribution in [0.5, 0.6) is 11.5 Å². The predicted octanol–water partition coefficient (Wildman–Crippen LogP) is 8.27. The summed E-state index contributed by atoms with van der Waals surface area (Å²) < 4.78 is 132. The van der Waals surface area contributed by atoms with E-state index in [2.05, 4.69) is 9.47 Å². The molecule has 0 radical (unpaired) electrons. The maximum absolute atomic E-state index is 14.1. The molecule has 2 unspecified atom stereocenters. The lowest BCUT2D eigenvalue weighted by molar-refractivity contribution is -0.275. The second kappa shape index (κ2) is 17.8. The summed E-state index contributed by atoms with van der Waals surface area (Å²) >= 11 is 0. The number of benzene rings is 4. The zero-order valence-electron chi connectivity index (χ0n) is 27.8. The Kier molecular flexibility index (Phi) is 13.3. The number of hydrogen-bond donors (Lipinski definition) is 1. The first-order valence-electron chi connectivity index (χ1n) is 15.8. The molecular weight excluding hydrogens is 753 g/mol. The van der Waals surface area contributed by atoms with Crippen LogP contribution in [0.25, 0.3) is 0 Å². The van der Waals surface area contributed by atoms with Gasteiger partial charge in [0.25, 0.3) is 0 Å². The van der Waals surface area contributed by atoms with E-state index in [9.17, 15) is 40.8 Å². The molecular formula is C36H31F6O11P. The lowest BCUT2D eigenvalue weighted by Gasteiger charge is -2.27. The van der Waals surface area contributed by atoms with Gasteiger partial charge in [-0.1, -0.05) is 84.9 Å². The Labute approximate surface area is 304 Å². The van der Waals surface area contributed by atoms with Gasteiger partial charge in [-0.3, -0.25) is 13.6 Å². The van der Waals surface area contributed by atoms with Gasteiger partial charge in [0.1, 0.15) is 30.8 Å². The van der Waals surface area contributed by atoms with E-state index in [0.29, 0.717) is 16.7 Å². The number of alkyl halides is 6. The molecule has 0 bridgehead atoms. The minimum atomic E-state index is -4.93. The number of phosphoric acid groups is 1.